The van der Waals surface area contributed by atoms with Crippen LogP contribution in [0.15, 0.2) is 0 Å². The molecule has 0 heterocycles. The van der Waals surface area contributed by atoms with E-state index in [9.17, 15) is 0 Å². The van der Waals surface area contributed by atoms with Gasteiger partial charge in [-0.05, 0) is 36.5 Å². The fourth-order valence-corrected chi connectivity index (χ4v) is 3.55. The zero-order valence-electron chi connectivity index (χ0n) is 8.60. The smallest absolute Gasteiger partial charge is 0.0272 e. The Bertz CT molecular complexity index is 159. The predicted molar refractivity (Wildman–Crippen MR) is 53.1 cm³/mol. The van der Waals surface area contributed by atoms with Gasteiger partial charge in [0.2, 0.25) is 0 Å². The molecular formula is C12H22. The van der Waals surface area contributed by atoms with Crippen LogP contribution in [-0.2, 0) is 0 Å². The summed E-state index contributed by atoms with van der Waals surface area (Å²) in [6, 6.07) is 0. The molecule has 0 aromatic heterocycles. The van der Waals surface area contributed by atoms with E-state index in [1.165, 1.54) is 44.9 Å². The highest BCUT2D eigenvalue weighted by Gasteiger charge is 2.42. The number of fused-ring (bicyclic) bond motifs is 1. The number of rotatable bonds is 0. The quantitative estimate of drug-likeness (QED) is 0.510. The molecule has 2 unspecified atom stereocenters. The van der Waals surface area contributed by atoms with Gasteiger partial charge in [-0.15, -0.1) is 0 Å². The van der Waals surface area contributed by atoms with E-state index in [2.05, 4.69) is 13.8 Å². The summed E-state index contributed by atoms with van der Waals surface area (Å²) in [6.45, 7) is 5.04. The molecule has 0 aromatic carbocycles. The maximum atomic E-state index is 2.56. The van der Waals surface area contributed by atoms with Crippen molar-refractivity contribution in [2.45, 2.75) is 58.8 Å². The molecular weight excluding hydrogens is 144 g/mol. The fourth-order valence-electron chi connectivity index (χ4n) is 3.55. The zero-order valence-corrected chi connectivity index (χ0v) is 8.60. The summed E-state index contributed by atoms with van der Waals surface area (Å²) in [6.07, 6.45) is 10.6. The second kappa shape index (κ2) is 3.05. The number of hydrogen-bond donors (Lipinski definition) is 0. The highest BCUT2D eigenvalue weighted by Crippen LogP contribution is 2.52. The highest BCUT2D eigenvalue weighted by molar-refractivity contribution is 4.92. The normalized spacial score (nSPS) is 48.5. The SMILES string of the molecule is C[C@H]1CCCC2CCCCC21C. The van der Waals surface area contributed by atoms with Crippen molar-refractivity contribution >= 4 is 0 Å². The summed E-state index contributed by atoms with van der Waals surface area (Å²) < 4.78 is 0. The summed E-state index contributed by atoms with van der Waals surface area (Å²) in [7, 11) is 0. The molecule has 12 heavy (non-hydrogen) atoms. The van der Waals surface area contributed by atoms with E-state index < -0.39 is 0 Å². The minimum absolute atomic E-state index is 0.733. The monoisotopic (exact) mass is 166 g/mol. The Morgan fingerprint density at radius 1 is 1.00 bits per heavy atom. The number of hydrogen-bond acceptors (Lipinski definition) is 0. The molecule has 0 saturated heterocycles. The topological polar surface area (TPSA) is 0 Å². The van der Waals surface area contributed by atoms with Gasteiger partial charge in [-0.3, -0.25) is 0 Å². The summed E-state index contributed by atoms with van der Waals surface area (Å²) in [5.74, 6) is 2.08. The van der Waals surface area contributed by atoms with Crippen LogP contribution in [0.1, 0.15) is 58.8 Å². The third-order valence-electron chi connectivity index (χ3n) is 4.77. The lowest BCUT2D eigenvalue weighted by Gasteiger charge is -2.49. The van der Waals surface area contributed by atoms with Crippen molar-refractivity contribution in [3.05, 3.63) is 0 Å². The van der Waals surface area contributed by atoms with Crippen molar-refractivity contribution in [1.29, 1.82) is 0 Å². The highest BCUT2D eigenvalue weighted by atomic mass is 14.5. The first kappa shape index (κ1) is 8.59. The molecule has 2 rings (SSSR count). The second-order valence-corrected chi connectivity index (χ2v) is 5.28. The molecule has 2 saturated carbocycles. The van der Waals surface area contributed by atoms with E-state index in [1.54, 1.807) is 0 Å². The van der Waals surface area contributed by atoms with Gasteiger partial charge in [0.25, 0.3) is 0 Å². The molecule has 2 aliphatic rings. The largest absolute Gasteiger partial charge is 0.0620 e. The van der Waals surface area contributed by atoms with Gasteiger partial charge in [0.05, 0.1) is 0 Å². The summed E-state index contributed by atoms with van der Waals surface area (Å²) in [4.78, 5) is 0. The van der Waals surface area contributed by atoms with Gasteiger partial charge in [-0.2, -0.15) is 0 Å². The van der Waals surface area contributed by atoms with Crippen molar-refractivity contribution < 1.29 is 0 Å². The first-order valence-corrected chi connectivity index (χ1v) is 5.73. The Labute approximate surface area is 76.7 Å². The molecule has 0 aliphatic heterocycles. The fraction of sp³-hybridized carbons (Fsp3) is 1.00. The second-order valence-electron chi connectivity index (χ2n) is 5.28. The Morgan fingerprint density at radius 3 is 2.50 bits per heavy atom. The van der Waals surface area contributed by atoms with Gasteiger partial charge in [-0.25, -0.2) is 0 Å². The van der Waals surface area contributed by atoms with Crippen LogP contribution in [0, 0.1) is 17.3 Å². The third kappa shape index (κ3) is 1.20. The van der Waals surface area contributed by atoms with E-state index in [4.69, 9.17) is 0 Å². The van der Waals surface area contributed by atoms with Crippen LogP contribution in [0.4, 0.5) is 0 Å². The molecule has 0 N–H and O–H groups in total. The lowest BCUT2D eigenvalue weighted by atomic mass is 9.56. The zero-order chi connectivity index (χ0) is 8.60. The van der Waals surface area contributed by atoms with E-state index in [-0.39, 0.29) is 0 Å². The molecule has 2 aliphatic carbocycles. The molecule has 0 nitrogen and oxygen atoms in total. The van der Waals surface area contributed by atoms with Gasteiger partial charge < -0.3 is 0 Å². The van der Waals surface area contributed by atoms with Crippen LogP contribution in [0.3, 0.4) is 0 Å². The van der Waals surface area contributed by atoms with E-state index >= 15 is 0 Å². The molecule has 0 radical (unpaired) electrons. The van der Waals surface area contributed by atoms with Gasteiger partial charge in [0.15, 0.2) is 0 Å². The van der Waals surface area contributed by atoms with Crippen LogP contribution in [-0.4, -0.2) is 0 Å². The standard InChI is InChI=1S/C12H22/c1-10-6-5-8-11-7-3-4-9-12(10,11)2/h10-11H,3-9H2,1-2H3/t10-,11?,12?/m0/s1. The minimum atomic E-state index is 0.733. The first-order chi connectivity index (χ1) is 5.73. The van der Waals surface area contributed by atoms with E-state index in [1.807, 2.05) is 0 Å². The third-order valence-corrected chi connectivity index (χ3v) is 4.77. The van der Waals surface area contributed by atoms with Gasteiger partial charge in [0.1, 0.15) is 0 Å². The molecule has 3 atom stereocenters. The Balaban J connectivity index is 2.14. The lowest BCUT2D eigenvalue weighted by Crippen LogP contribution is -2.39. The summed E-state index contributed by atoms with van der Waals surface area (Å²) >= 11 is 0. The van der Waals surface area contributed by atoms with Crippen LogP contribution in [0.25, 0.3) is 0 Å². The maximum absolute atomic E-state index is 2.56. The van der Waals surface area contributed by atoms with Gasteiger partial charge in [-0.1, -0.05) is 39.5 Å². The Kier molecular flexibility index (Phi) is 2.18. The molecule has 2 fully saturated rings. The van der Waals surface area contributed by atoms with E-state index in [0.717, 1.165) is 17.3 Å². The maximum Gasteiger partial charge on any atom is -0.0272 e. The first-order valence-electron chi connectivity index (χ1n) is 5.73. The van der Waals surface area contributed by atoms with Crippen molar-refractivity contribution in [3.63, 3.8) is 0 Å². The van der Waals surface area contributed by atoms with Crippen molar-refractivity contribution in [2.75, 3.05) is 0 Å². The predicted octanol–water partition coefficient (Wildman–Crippen LogP) is 4.00. The molecule has 0 spiro atoms. The van der Waals surface area contributed by atoms with Gasteiger partial charge in [0, 0.05) is 0 Å². The van der Waals surface area contributed by atoms with Crippen LogP contribution in [0.2, 0.25) is 0 Å². The molecule has 70 valence electrons. The summed E-state index contributed by atoms with van der Waals surface area (Å²) in [5, 5.41) is 0. The van der Waals surface area contributed by atoms with Crippen molar-refractivity contribution in [2.24, 2.45) is 17.3 Å². The van der Waals surface area contributed by atoms with E-state index in [0.29, 0.717) is 0 Å². The Morgan fingerprint density at radius 2 is 1.75 bits per heavy atom. The average Bonchev–Trinajstić information content (AvgIpc) is 2.07. The molecule has 0 heteroatoms. The average molecular weight is 166 g/mol. The van der Waals surface area contributed by atoms with Crippen molar-refractivity contribution in [1.82, 2.24) is 0 Å². The molecule has 0 bridgehead atoms. The lowest BCUT2D eigenvalue weighted by molar-refractivity contribution is 0.0108. The molecule has 0 aromatic rings. The Hall–Kier alpha value is 0. The molecule has 0 amide bonds. The van der Waals surface area contributed by atoms with Gasteiger partial charge >= 0.3 is 0 Å². The minimum Gasteiger partial charge on any atom is -0.0620 e. The van der Waals surface area contributed by atoms with Crippen molar-refractivity contribution in [3.8, 4) is 0 Å². The van der Waals surface area contributed by atoms with Crippen LogP contribution in [0.5, 0.6) is 0 Å². The van der Waals surface area contributed by atoms with Crippen LogP contribution >= 0.6 is 0 Å². The van der Waals surface area contributed by atoms with Crippen LogP contribution < -0.4 is 0 Å². The summed E-state index contributed by atoms with van der Waals surface area (Å²) in [5.41, 5.74) is 0.733.